The fourth-order valence-electron chi connectivity index (χ4n) is 1.82. The monoisotopic (exact) mass is 238 g/mol. The lowest BCUT2D eigenvalue weighted by Crippen LogP contribution is -2.03. The first kappa shape index (κ1) is 11.1. The minimum absolute atomic E-state index is 0.245. The zero-order chi connectivity index (χ0) is 10.7. The smallest absolute Gasteiger partial charge is 0.186 e. The molecule has 2 unspecified atom stereocenters. The molecule has 1 saturated heterocycles. The van der Waals surface area contributed by atoms with Crippen LogP contribution in [-0.2, 0) is 4.79 Å². The number of thioether (sulfide) groups is 2. The van der Waals surface area contributed by atoms with Gasteiger partial charge in [-0.05, 0) is 12.0 Å². The Kier molecular flexibility index (Phi) is 3.76. The average molecular weight is 238 g/mol. The molecular formula is C12H14OS2. The topological polar surface area (TPSA) is 17.1 Å². The third-order valence-corrected chi connectivity index (χ3v) is 5.16. The molecule has 0 amide bonds. The fraction of sp³-hybridized carbons (Fsp3) is 0.417. The van der Waals surface area contributed by atoms with E-state index in [0.717, 1.165) is 12.2 Å². The van der Waals surface area contributed by atoms with Gasteiger partial charge in [0.05, 0.1) is 0 Å². The van der Waals surface area contributed by atoms with Crippen LogP contribution in [0.2, 0.25) is 0 Å². The summed E-state index contributed by atoms with van der Waals surface area (Å²) in [4.78, 5) is 11.0. The van der Waals surface area contributed by atoms with Gasteiger partial charge < -0.3 is 0 Å². The van der Waals surface area contributed by atoms with E-state index in [1.165, 1.54) is 17.3 Å². The van der Waals surface area contributed by atoms with E-state index in [4.69, 9.17) is 0 Å². The van der Waals surface area contributed by atoms with Crippen LogP contribution in [0.25, 0.3) is 0 Å². The lowest BCUT2D eigenvalue weighted by atomic mass is 10.1. The molecule has 80 valence electrons. The molecule has 0 aliphatic carbocycles. The molecule has 0 aromatic heterocycles. The van der Waals surface area contributed by atoms with E-state index >= 15 is 0 Å². The van der Waals surface area contributed by atoms with Crippen LogP contribution >= 0.6 is 23.5 Å². The van der Waals surface area contributed by atoms with Gasteiger partial charge in [-0.2, -0.15) is 11.8 Å². The van der Waals surface area contributed by atoms with E-state index in [0.29, 0.717) is 10.5 Å². The Balaban J connectivity index is 1.96. The van der Waals surface area contributed by atoms with Crippen LogP contribution in [-0.4, -0.2) is 16.1 Å². The van der Waals surface area contributed by atoms with Gasteiger partial charge >= 0.3 is 0 Å². The van der Waals surface area contributed by atoms with Gasteiger partial charge in [0, 0.05) is 23.2 Å². The first-order valence-electron chi connectivity index (χ1n) is 5.09. The molecule has 2 rings (SSSR count). The largest absolute Gasteiger partial charge is 0.288 e. The van der Waals surface area contributed by atoms with Crippen molar-refractivity contribution in [2.24, 2.45) is 0 Å². The summed E-state index contributed by atoms with van der Waals surface area (Å²) in [5.41, 5.74) is 1.40. The molecular weight excluding hydrogens is 224 g/mol. The molecule has 1 aromatic carbocycles. The summed E-state index contributed by atoms with van der Waals surface area (Å²) in [5, 5.41) is 1.34. The molecule has 0 N–H and O–H groups in total. The van der Waals surface area contributed by atoms with E-state index in [1.807, 2.05) is 17.8 Å². The summed E-state index contributed by atoms with van der Waals surface area (Å²) in [6, 6.07) is 10.6. The standard InChI is InChI=1S/C12H14OS2/c1-9(13)15-11-7-12(14-8-11)10-5-3-2-4-6-10/h2-6,11-12H,7-8H2,1H3. The van der Waals surface area contributed by atoms with Crippen molar-refractivity contribution in [1.82, 2.24) is 0 Å². The third-order valence-electron chi connectivity index (χ3n) is 2.46. The molecule has 0 radical (unpaired) electrons. The molecule has 1 aliphatic heterocycles. The first-order chi connectivity index (χ1) is 7.25. The van der Waals surface area contributed by atoms with Crippen LogP contribution in [0.1, 0.15) is 24.2 Å². The Morgan fingerprint density at radius 1 is 1.40 bits per heavy atom. The van der Waals surface area contributed by atoms with Crippen molar-refractivity contribution in [2.45, 2.75) is 23.8 Å². The van der Waals surface area contributed by atoms with Gasteiger partial charge in [0.2, 0.25) is 0 Å². The second-order valence-corrected chi connectivity index (χ2v) is 6.41. The van der Waals surface area contributed by atoms with Crippen LogP contribution < -0.4 is 0 Å². The highest BCUT2D eigenvalue weighted by Crippen LogP contribution is 2.44. The van der Waals surface area contributed by atoms with Crippen molar-refractivity contribution in [1.29, 1.82) is 0 Å². The predicted molar refractivity (Wildman–Crippen MR) is 68.3 cm³/mol. The summed E-state index contributed by atoms with van der Waals surface area (Å²) in [6.07, 6.45) is 1.12. The van der Waals surface area contributed by atoms with Crippen LogP contribution in [0.4, 0.5) is 0 Å². The Bertz CT molecular complexity index is 337. The summed E-state index contributed by atoms with van der Waals surface area (Å²) < 4.78 is 0. The Labute approximate surface area is 99.0 Å². The van der Waals surface area contributed by atoms with E-state index in [-0.39, 0.29) is 5.12 Å². The Morgan fingerprint density at radius 2 is 2.13 bits per heavy atom. The quantitative estimate of drug-likeness (QED) is 0.785. The average Bonchev–Trinajstić information content (AvgIpc) is 2.67. The van der Waals surface area contributed by atoms with E-state index in [2.05, 4.69) is 24.3 Å². The van der Waals surface area contributed by atoms with Crippen LogP contribution in [0.5, 0.6) is 0 Å². The zero-order valence-corrected chi connectivity index (χ0v) is 10.3. The van der Waals surface area contributed by atoms with Gasteiger partial charge in [-0.3, -0.25) is 4.79 Å². The summed E-state index contributed by atoms with van der Waals surface area (Å²) >= 11 is 3.47. The van der Waals surface area contributed by atoms with Crippen LogP contribution in [0, 0.1) is 0 Å². The van der Waals surface area contributed by atoms with Gasteiger partial charge in [0.25, 0.3) is 0 Å². The second-order valence-electron chi connectivity index (χ2n) is 3.70. The molecule has 0 spiro atoms. The molecule has 1 nitrogen and oxygen atoms in total. The highest BCUT2D eigenvalue weighted by atomic mass is 32.2. The Hall–Kier alpha value is -0.410. The number of hydrogen-bond acceptors (Lipinski definition) is 3. The van der Waals surface area contributed by atoms with Gasteiger partial charge in [-0.1, -0.05) is 42.1 Å². The van der Waals surface area contributed by atoms with Gasteiger partial charge in [-0.15, -0.1) is 0 Å². The number of benzene rings is 1. The van der Waals surface area contributed by atoms with E-state index in [1.54, 1.807) is 6.92 Å². The van der Waals surface area contributed by atoms with Gasteiger partial charge in [0.15, 0.2) is 5.12 Å². The van der Waals surface area contributed by atoms with Crippen LogP contribution in [0.3, 0.4) is 0 Å². The molecule has 1 heterocycles. The second kappa shape index (κ2) is 5.08. The number of carbonyl (C=O) groups excluding carboxylic acids is 1. The number of rotatable bonds is 2. The molecule has 0 saturated carbocycles. The normalized spacial score (nSPS) is 25.4. The predicted octanol–water partition coefficient (Wildman–Crippen LogP) is 3.51. The van der Waals surface area contributed by atoms with Crippen molar-refractivity contribution in [2.75, 3.05) is 5.75 Å². The molecule has 1 aromatic rings. The van der Waals surface area contributed by atoms with Gasteiger partial charge in [0.1, 0.15) is 0 Å². The molecule has 1 aliphatic rings. The summed E-state index contributed by atoms with van der Waals surface area (Å²) in [6.45, 7) is 1.66. The van der Waals surface area contributed by atoms with Crippen molar-refractivity contribution in [3.63, 3.8) is 0 Å². The Morgan fingerprint density at radius 3 is 2.80 bits per heavy atom. The van der Waals surface area contributed by atoms with Crippen molar-refractivity contribution in [3.05, 3.63) is 35.9 Å². The molecule has 1 fully saturated rings. The third kappa shape index (κ3) is 3.02. The lowest BCUT2D eigenvalue weighted by Gasteiger charge is -2.08. The van der Waals surface area contributed by atoms with E-state index in [9.17, 15) is 4.79 Å². The van der Waals surface area contributed by atoms with E-state index < -0.39 is 0 Å². The first-order valence-corrected chi connectivity index (χ1v) is 7.02. The number of hydrogen-bond donors (Lipinski definition) is 0. The summed E-state index contributed by atoms with van der Waals surface area (Å²) in [7, 11) is 0. The molecule has 3 heteroatoms. The van der Waals surface area contributed by atoms with Crippen molar-refractivity contribution in [3.8, 4) is 0 Å². The molecule has 2 atom stereocenters. The van der Waals surface area contributed by atoms with Crippen molar-refractivity contribution >= 4 is 28.6 Å². The maximum Gasteiger partial charge on any atom is 0.186 e. The molecule has 15 heavy (non-hydrogen) atoms. The minimum atomic E-state index is 0.245. The van der Waals surface area contributed by atoms with Crippen molar-refractivity contribution < 1.29 is 4.79 Å². The SMILES string of the molecule is CC(=O)SC1CSC(c2ccccc2)C1. The highest BCUT2D eigenvalue weighted by molar-refractivity contribution is 8.15. The fourth-order valence-corrected chi connectivity index (χ4v) is 4.50. The van der Waals surface area contributed by atoms with Crippen LogP contribution in [0.15, 0.2) is 30.3 Å². The minimum Gasteiger partial charge on any atom is -0.288 e. The zero-order valence-electron chi connectivity index (χ0n) is 8.68. The summed E-state index contributed by atoms with van der Waals surface area (Å²) in [5.74, 6) is 1.10. The van der Waals surface area contributed by atoms with Gasteiger partial charge in [-0.25, -0.2) is 0 Å². The number of carbonyl (C=O) groups is 1. The molecule has 0 bridgehead atoms. The maximum atomic E-state index is 11.0. The highest BCUT2D eigenvalue weighted by Gasteiger charge is 2.27. The maximum absolute atomic E-state index is 11.0. The lowest BCUT2D eigenvalue weighted by molar-refractivity contribution is -0.109.